The molecular weight excluding hydrogens is 164 g/mol. The van der Waals surface area contributed by atoms with E-state index >= 15 is 0 Å². The topological polar surface area (TPSA) is 59.1 Å². The molecule has 0 aliphatic rings. The second-order valence-corrected chi connectivity index (χ2v) is 2.04. The molecule has 0 amide bonds. The van der Waals surface area contributed by atoms with Gasteiger partial charge in [-0.15, -0.1) is 12.4 Å². The van der Waals surface area contributed by atoms with Crippen LogP contribution in [-0.4, -0.2) is 16.6 Å². The molecular formula is C7H11ClN2O. The Balaban J connectivity index is 0.000001000. The first-order chi connectivity index (χ1) is 4.84. The van der Waals surface area contributed by atoms with Crippen molar-refractivity contribution in [2.24, 2.45) is 5.73 Å². The first kappa shape index (κ1) is 10.4. The lowest BCUT2D eigenvalue weighted by atomic mass is 10.2. The number of nitrogens with zero attached hydrogens (tertiary/aromatic N) is 1. The van der Waals surface area contributed by atoms with Crippen molar-refractivity contribution >= 4 is 12.4 Å². The molecule has 62 valence electrons. The van der Waals surface area contributed by atoms with E-state index in [0.717, 1.165) is 5.56 Å². The van der Waals surface area contributed by atoms with Gasteiger partial charge in [-0.3, -0.25) is 4.98 Å². The Morgan fingerprint density at radius 1 is 1.64 bits per heavy atom. The lowest BCUT2D eigenvalue weighted by molar-refractivity contribution is 0.186. The third-order valence-electron chi connectivity index (χ3n) is 1.29. The monoisotopic (exact) mass is 174 g/mol. The van der Waals surface area contributed by atoms with E-state index in [9.17, 15) is 0 Å². The van der Waals surface area contributed by atoms with Crippen LogP contribution in [0.4, 0.5) is 0 Å². The maximum atomic E-state index is 9.16. The Labute approximate surface area is 71.7 Å². The highest BCUT2D eigenvalue weighted by molar-refractivity contribution is 5.85. The minimum absolute atomic E-state index is 0. The fourth-order valence-corrected chi connectivity index (χ4v) is 0.709. The maximum absolute atomic E-state index is 9.16. The summed E-state index contributed by atoms with van der Waals surface area (Å²) in [6.45, 7) is 0.242. The molecule has 3 nitrogen and oxygen atoms in total. The largest absolute Gasteiger partial charge is 0.387 e. The van der Waals surface area contributed by atoms with Gasteiger partial charge in [-0.25, -0.2) is 0 Å². The van der Waals surface area contributed by atoms with Gasteiger partial charge < -0.3 is 10.8 Å². The standard InChI is InChI=1S/C7H10N2O.ClH/c8-4-7(10)6-2-1-3-9-5-6;/h1-3,5,7,10H,4,8H2;1H/t7-;/m0./s1. The number of nitrogens with two attached hydrogens (primary N) is 1. The number of halogens is 1. The minimum atomic E-state index is -0.575. The minimum Gasteiger partial charge on any atom is -0.387 e. The summed E-state index contributed by atoms with van der Waals surface area (Å²) in [6.07, 6.45) is 2.69. The van der Waals surface area contributed by atoms with Crippen LogP contribution in [0.15, 0.2) is 24.5 Å². The molecule has 1 rings (SSSR count). The van der Waals surface area contributed by atoms with Crippen LogP contribution in [0.2, 0.25) is 0 Å². The summed E-state index contributed by atoms with van der Waals surface area (Å²) in [4.78, 5) is 3.84. The molecule has 3 N–H and O–H groups in total. The van der Waals surface area contributed by atoms with Crippen molar-refractivity contribution < 1.29 is 5.11 Å². The number of rotatable bonds is 2. The number of aliphatic hydroxyl groups is 1. The van der Waals surface area contributed by atoms with Crippen LogP contribution in [0.25, 0.3) is 0 Å². The average Bonchev–Trinajstić information content (AvgIpc) is 2.05. The van der Waals surface area contributed by atoms with Gasteiger partial charge >= 0.3 is 0 Å². The van der Waals surface area contributed by atoms with Crippen molar-refractivity contribution in [3.05, 3.63) is 30.1 Å². The molecule has 11 heavy (non-hydrogen) atoms. The van der Waals surface area contributed by atoms with E-state index in [2.05, 4.69) is 4.98 Å². The van der Waals surface area contributed by atoms with Gasteiger partial charge in [0, 0.05) is 24.5 Å². The predicted molar refractivity (Wildman–Crippen MR) is 45.5 cm³/mol. The number of hydrogen-bond donors (Lipinski definition) is 2. The Bertz CT molecular complexity index is 193. The predicted octanol–water partition coefficient (Wildman–Crippen LogP) is 0.496. The molecule has 0 bridgehead atoms. The quantitative estimate of drug-likeness (QED) is 0.687. The van der Waals surface area contributed by atoms with Gasteiger partial charge in [-0.2, -0.15) is 0 Å². The molecule has 0 aliphatic heterocycles. The summed E-state index contributed by atoms with van der Waals surface area (Å²) in [5.74, 6) is 0. The third-order valence-corrected chi connectivity index (χ3v) is 1.29. The second kappa shape index (κ2) is 5.07. The van der Waals surface area contributed by atoms with E-state index in [1.54, 1.807) is 24.5 Å². The van der Waals surface area contributed by atoms with Crippen molar-refractivity contribution in [3.63, 3.8) is 0 Å². The van der Waals surface area contributed by atoms with Crippen molar-refractivity contribution in [1.29, 1.82) is 0 Å². The fourth-order valence-electron chi connectivity index (χ4n) is 0.709. The SMILES string of the molecule is Cl.NC[C@H](O)c1cccnc1. The Hall–Kier alpha value is -0.640. The molecule has 0 aliphatic carbocycles. The molecule has 1 aromatic rings. The van der Waals surface area contributed by atoms with Crippen LogP contribution in [0, 0.1) is 0 Å². The molecule has 4 heteroatoms. The van der Waals surface area contributed by atoms with Gasteiger partial charge in [-0.05, 0) is 6.07 Å². The zero-order valence-corrected chi connectivity index (χ0v) is 6.79. The Morgan fingerprint density at radius 3 is 2.82 bits per heavy atom. The molecule has 0 saturated carbocycles. The van der Waals surface area contributed by atoms with Crippen molar-refractivity contribution in [2.75, 3.05) is 6.54 Å². The lowest BCUT2D eigenvalue weighted by Gasteiger charge is -2.05. The Morgan fingerprint density at radius 2 is 2.36 bits per heavy atom. The van der Waals surface area contributed by atoms with Crippen molar-refractivity contribution in [2.45, 2.75) is 6.10 Å². The fraction of sp³-hybridized carbons (Fsp3) is 0.286. The van der Waals surface area contributed by atoms with Gasteiger partial charge in [0.25, 0.3) is 0 Å². The van der Waals surface area contributed by atoms with Crippen LogP contribution in [-0.2, 0) is 0 Å². The Kier molecular flexibility index (Phi) is 4.77. The first-order valence-corrected chi connectivity index (χ1v) is 3.12. The summed E-state index contributed by atoms with van der Waals surface area (Å²) in [5, 5.41) is 9.16. The number of aliphatic hydroxyl groups excluding tert-OH is 1. The van der Waals surface area contributed by atoms with E-state index in [-0.39, 0.29) is 19.0 Å². The smallest absolute Gasteiger partial charge is 0.0927 e. The van der Waals surface area contributed by atoms with Crippen molar-refractivity contribution in [1.82, 2.24) is 4.98 Å². The third kappa shape index (κ3) is 2.84. The summed E-state index contributed by atoms with van der Waals surface area (Å²) in [5.41, 5.74) is 5.99. The van der Waals surface area contributed by atoms with E-state index in [4.69, 9.17) is 10.8 Å². The normalized spacial score (nSPS) is 11.8. The summed E-state index contributed by atoms with van der Waals surface area (Å²) >= 11 is 0. The molecule has 0 spiro atoms. The molecule has 0 unspecified atom stereocenters. The molecule has 0 radical (unpaired) electrons. The van der Waals surface area contributed by atoms with Gasteiger partial charge in [0.1, 0.15) is 0 Å². The molecule has 1 atom stereocenters. The zero-order chi connectivity index (χ0) is 7.40. The molecule has 1 aromatic heterocycles. The molecule has 0 saturated heterocycles. The van der Waals surface area contributed by atoms with Crippen LogP contribution >= 0.6 is 12.4 Å². The summed E-state index contributed by atoms with van der Waals surface area (Å²) in [7, 11) is 0. The van der Waals surface area contributed by atoms with Gasteiger partial charge in [0.15, 0.2) is 0 Å². The number of pyridine rings is 1. The zero-order valence-electron chi connectivity index (χ0n) is 5.97. The van der Waals surface area contributed by atoms with Crippen LogP contribution < -0.4 is 5.73 Å². The van der Waals surface area contributed by atoms with E-state index in [1.165, 1.54) is 0 Å². The van der Waals surface area contributed by atoms with Crippen molar-refractivity contribution in [3.8, 4) is 0 Å². The molecule has 0 fully saturated rings. The number of hydrogen-bond acceptors (Lipinski definition) is 3. The highest BCUT2D eigenvalue weighted by atomic mass is 35.5. The number of aromatic nitrogens is 1. The van der Waals surface area contributed by atoms with Crippen LogP contribution in [0.1, 0.15) is 11.7 Å². The maximum Gasteiger partial charge on any atom is 0.0927 e. The average molecular weight is 175 g/mol. The van der Waals surface area contributed by atoms with Gasteiger partial charge in [0.2, 0.25) is 0 Å². The van der Waals surface area contributed by atoms with Gasteiger partial charge in [-0.1, -0.05) is 6.07 Å². The summed E-state index contributed by atoms with van der Waals surface area (Å²) < 4.78 is 0. The van der Waals surface area contributed by atoms with Gasteiger partial charge in [0.05, 0.1) is 6.10 Å². The highest BCUT2D eigenvalue weighted by Crippen LogP contribution is 2.07. The van der Waals surface area contributed by atoms with E-state index in [1.807, 2.05) is 0 Å². The summed E-state index contributed by atoms with van der Waals surface area (Å²) in [6, 6.07) is 3.57. The first-order valence-electron chi connectivity index (χ1n) is 3.12. The molecule has 1 heterocycles. The van der Waals surface area contributed by atoms with E-state index in [0.29, 0.717) is 0 Å². The lowest BCUT2D eigenvalue weighted by Crippen LogP contribution is -2.11. The van der Waals surface area contributed by atoms with Crippen LogP contribution in [0.5, 0.6) is 0 Å². The van der Waals surface area contributed by atoms with E-state index < -0.39 is 6.10 Å². The van der Waals surface area contributed by atoms with Crippen LogP contribution in [0.3, 0.4) is 0 Å². The highest BCUT2D eigenvalue weighted by Gasteiger charge is 2.02. The second-order valence-electron chi connectivity index (χ2n) is 2.04. The molecule has 0 aromatic carbocycles.